The first-order chi connectivity index (χ1) is 10.4. The van der Waals surface area contributed by atoms with Crippen LogP contribution < -0.4 is 4.90 Å². The topological polar surface area (TPSA) is 3.24 Å². The number of hydrogen-bond acceptors (Lipinski definition) is 2. The molecule has 0 radical (unpaired) electrons. The van der Waals surface area contributed by atoms with Crippen molar-refractivity contribution in [3.8, 4) is 0 Å². The van der Waals surface area contributed by atoms with E-state index in [1.54, 1.807) is 0 Å². The Labute approximate surface area is 140 Å². The normalized spacial score (nSPS) is 12.0. The molecule has 120 valence electrons. The second-order valence-electron chi connectivity index (χ2n) is 6.74. The highest BCUT2D eigenvalue weighted by Gasteiger charge is 2.25. The van der Waals surface area contributed by atoms with Crippen molar-refractivity contribution < 1.29 is 0 Å². The van der Waals surface area contributed by atoms with Crippen molar-refractivity contribution in [2.24, 2.45) is 0 Å². The van der Waals surface area contributed by atoms with E-state index < -0.39 is 0 Å². The minimum Gasteiger partial charge on any atom is -0.372 e. The van der Waals surface area contributed by atoms with Gasteiger partial charge in [0.25, 0.3) is 0 Å². The lowest BCUT2D eigenvalue weighted by Crippen LogP contribution is -2.22. The van der Waals surface area contributed by atoms with Gasteiger partial charge in [-0.2, -0.15) is 0 Å². The van der Waals surface area contributed by atoms with Gasteiger partial charge >= 0.3 is 0 Å². The summed E-state index contributed by atoms with van der Waals surface area (Å²) in [4.78, 5) is 3.84. The fourth-order valence-electron chi connectivity index (χ4n) is 2.80. The summed E-state index contributed by atoms with van der Waals surface area (Å²) < 4.78 is 0. The van der Waals surface area contributed by atoms with Crippen LogP contribution in [0.2, 0.25) is 0 Å². The largest absolute Gasteiger partial charge is 0.372 e. The maximum atomic E-state index is 2.39. The third-order valence-corrected chi connectivity index (χ3v) is 5.89. The standard InChI is InChI=1S/C20H29NS/c1-7-21(8-2)18-11-9-17(10-12-18)20(5,6)19-13-16(14-22-19)15(3)4/h9-15H,7-8H2,1-6H3. The predicted molar refractivity (Wildman–Crippen MR) is 101 cm³/mol. The fraction of sp³-hybridized carbons (Fsp3) is 0.500. The van der Waals surface area contributed by atoms with E-state index in [0.717, 1.165) is 13.1 Å². The van der Waals surface area contributed by atoms with Crippen LogP contribution in [0.15, 0.2) is 35.7 Å². The minimum atomic E-state index is 0.0690. The first-order valence-corrected chi connectivity index (χ1v) is 9.22. The zero-order chi connectivity index (χ0) is 16.3. The van der Waals surface area contributed by atoms with E-state index in [0.29, 0.717) is 5.92 Å². The summed E-state index contributed by atoms with van der Waals surface area (Å²) in [7, 11) is 0. The van der Waals surface area contributed by atoms with Crippen molar-refractivity contribution in [2.75, 3.05) is 18.0 Å². The molecule has 0 atom stereocenters. The molecule has 0 aliphatic rings. The van der Waals surface area contributed by atoms with Crippen LogP contribution in [0.4, 0.5) is 5.69 Å². The summed E-state index contributed by atoms with van der Waals surface area (Å²) in [5, 5.41) is 2.31. The van der Waals surface area contributed by atoms with Gasteiger partial charge in [-0.05, 0) is 54.5 Å². The molecule has 0 fully saturated rings. The molecule has 0 amide bonds. The molecule has 0 N–H and O–H groups in total. The number of rotatable bonds is 6. The zero-order valence-electron chi connectivity index (χ0n) is 14.8. The maximum absolute atomic E-state index is 2.39. The van der Waals surface area contributed by atoms with Gasteiger partial charge in [0.05, 0.1) is 0 Å². The molecule has 0 aliphatic carbocycles. The minimum absolute atomic E-state index is 0.0690. The predicted octanol–water partition coefficient (Wildman–Crippen LogP) is 6.04. The van der Waals surface area contributed by atoms with Crippen LogP contribution in [0.5, 0.6) is 0 Å². The highest BCUT2D eigenvalue weighted by Crippen LogP contribution is 2.37. The molecule has 2 aromatic rings. The van der Waals surface area contributed by atoms with Crippen LogP contribution in [0.3, 0.4) is 0 Å². The van der Waals surface area contributed by atoms with Gasteiger partial charge in [-0.1, -0.05) is 39.8 Å². The summed E-state index contributed by atoms with van der Waals surface area (Å²) >= 11 is 1.89. The Morgan fingerprint density at radius 2 is 1.64 bits per heavy atom. The van der Waals surface area contributed by atoms with Crippen LogP contribution in [0.1, 0.15) is 63.5 Å². The molecule has 0 aliphatic heterocycles. The summed E-state index contributed by atoms with van der Waals surface area (Å²) in [6, 6.07) is 11.5. The van der Waals surface area contributed by atoms with Crippen molar-refractivity contribution >= 4 is 17.0 Å². The van der Waals surface area contributed by atoms with Gasteiger partial charge < -0.3 is 4.90 Å². The van der Waals surface area contributed by atoms with Gasteiger partial charge in [-0.3, -0.25) is 0 Å². The average molecular weight is 316 g/mol. The second kappa shape index (κ2) is 6.87. The lowest BCUT2D eigenvalue weighted by atomic mass is 9.82. The Bertz CT molecular complexity index is 588. The van der Waals surface area contributed by atoms with Crippen LogP contribution >= 0.6 is 11.3 Å². The van der Waals surface area contributed by atoms with E-state index >= 15 is 0 Å². The van der Waals surface area contributed by atoms with Crippen molar-refractivity contribution in [2.45, 2.75) is 52.9 Å². The first kappa shape index (κ1) is 17.1. The molecular weight excluding hydrogens is 286 g/mol. The van der Waals surface area contributed by atoms with Crippen molar-refractivity contribution in [1.29, 1.82) is 0 Å². The molecule has 0 saturated heterocycles. The van der Waals surface area contributed by atoms with E-state index in [2.05, 4.69) is 82.2 Å². The quantitative estimate of drug-likeness (QED) is 0.628. The van der Waals surface area contributed by atoms with Gasteiger partial charge in [0.15, 0.2) is 0 Å². The Morgan fingerprint density at radius 3 is 2.09 bits per heavy atom. The summed E-state index contributed by atoms with van der Waals surface area (Å²) in [6.45, 7) is 15.7. The molecule has 0 bridgehead atoms. The first-order valence-electron chi connectivity index (χ1n) is 8.34. The highest BCUT2D eigenvalue weighted by molar-refractivity contribution is 7.10. The summed E-state index contributed by atoms with van der Waals surface area (Å²) in [5.41, 5.74) is 4.23. The van der Waals surface area contributed by atoms with E-state index in [-0.39, 0.29) is 5.41 Å². The number of thiophene rings is 1. The van der Waals surface area contributed by atoms with E-state index in [1.165, 1.54) is 21.7 Å². The van der Waals surface area contributed by atoms with Crippen molar-refractivity contribution in [1.82, 2.24) is 0 Å². The maximum Gasteiger partial charge on any atom is 0.0366 e. The number of nitrogens with zero attached hydrogens (tertiary/aromatic N) is 1. The molecular formula is C20H29NS. The fourth-order valence-corrected chi connectivity index (χ4v) is 4.02. The summed E-state index contributed by atoms with van der Waals surface area (Å²) in [6.07, 6.45) is 0. The lowest BCUT2D eigenvalue weighted by molar-refractivity contribution is 0.654. The second-order valence-corrected chi connectivity index (χ2v) is 7.65. The third kappa shape index (κ3) is 3.38. The molecule has 1 heterocycles. The van der Waals surface area contributed by atoms with E-state index in [9.17, 15) is 0 Å². The van der Waals surface area contributed by atoms with Crippen molar-refractivity contribution in [3.05, 3.63) is 51.7 Å². The third-order valence-electron chi connectivity index (χ3n) is 4.62. The number of hydrogen-bond donors (Lipinski definition) is 0. The van der Waals surface area contributed by atoms with Gasteiger partial charge in [-0.15, -0.1) is 11.3 Å². The van der Waals surface area contributed by atoms with Crippen LogP contribution in [-0.4, -0.2) is 13.1 Å². The van der Waals surface area contributed by atoms with E-state index in [4.69, 9.17) is 0 Å². The number of anilines is 1. The zero-order valence-corrected chi connectivity index (χ0v) is 15.6. The monoisotopic (exact) mass is 315 g/mol. The van der Waals surface area contributed by atoms with Crippen LogP contribution in [0, 0.1) is 0 Å². The van der Waals surface area contributed by atoms with Gasteiger partial charge in [-0.25, -0.2) is 0 Å². The van der Waals surface area contributed by atoms with Gasteiger partial charge in [0.1, 0.15) is 0 Å². The molecule has 0 unspecified atom stereocenters. The molecule has 0 spiro atoms. The van der Waals surface area contributed by atoms with Crippen LogP contribution in [-0.2, 0) is 5.41 Å². The van der Waals surface area contributed by atoms with Gasteiger partial charge in [0.2, 0.25) is 0 Å². The highest BCUT2D eigenvalue weighted by atomic mass is 32.1. The smallest absolute Gasteiger partial charge is 0.0366 e. The molecule has 1 aromatic heterocycles. The average Bonchev–Trinajstić information content (AvgIpc) is 3.00. The Kier molecular flexibility index (Phi) is 5.33. The van der Waals surface area contributed by atoms with Crippen LogP contribution in [0.25, 0.3) is 0 Å². The number of benzene rings is 1. The Hall–Kier alpha value is -1.28. The van der Waals surface area contributed by atoms with Gasteiger partial charge in [0, 0.05) is 29.1 Å². The molecule has 1 aromatic carbocycles. The Morgan fingerprint density at radius 1 is 1.05 bits per heavy atom. The molecule has 22 heavy (non-hydrogen) atoms. The lowest BCUT2D eigenvalue weighted by Gasteiger charge is -2.26. The molecule has 1 nitrogen and oxygen atoms in total. The van der Waals surface area contributed by atoms with E-state index in [1.807, 2.05) is 11.3 Å². The van der Waals surface area contributed by atoms with Crippen molar-refractivity contribution in [3.63, 3.8) is 0 Å². The molecule has 2 heteroatoms. The molecule has 0 saturated carbocycles. The molecule has 2 rings (SSSR count). The Balaban J connectivity index is 2.28. The SMILES string of the molecule is CCN(CC)c1ccc(C(C)(C)c2cc(C(C)C)cs2)cc1. The summed E-state index contributed by atoms with van der Waals surface area (Å²) in [5.74, 6) is 0.603.